The van der Waals surface area contributed by atoms with E-state index in [9.17, 15) is 9.59 Å². The average molecular weight is 377 g/mol. The van der Waals surface area contributed by atoms with Gasteiger partial charge >= 0.3 is 0 Å². The van der Waals surface area contributed by atoms with E-state index in [0.29, 0.717) is 11.3 Å². The van der Waals surface area contributed by atoms with E-state index in [0.717, 1.165) is 49.7 Å². The van der Waals surface area contributed by atoms with Crippen LogP contribution in [0, 0.1) is 13.8 Å². The zero-order chi connectivity index (χ0) is 19.8. The second-order valence-corrected chi connectivity index (χ2v) is 8.59. The molecule has 2 fully saturated rings. The van der Waals surface area contributed by atoms with E-state index in [1.807, 2.05) is 50.2 Å². The molecule has 5 heteroatoms. The van der Waals surface area contributed by atoms with Gasteiger partial charge in [0.1, 0.15) is 5.69 Å². The molecule has 1 heterocycles. The predicted molar refractivity (Wildman–Crippen MR) is 108 cm³/mol. The van der Waals surface area contributed by atoms with Gasteiger partial charge in [-0.1, -0.05) is 17.7 Å². The Morgan fingerprint density at radius 3 is 2.25 bits per heavy atom. The predicted octanol–water partition coefficient (Wildman–Crippen LogP) is 3.70. The molecule has 2 amide bonds. The van der Waals surface area contributed by atoms with Gasteiger partial charge in [0.15, 0.2) is 0 Å². The minimum atomic E-state index is -0.249. The van der Waals surface area contributed by atoms with Crippen LogP contribution in [-0.4, -0.2) is 27.9 Å². The maximum Gasteiger partial charge on any atom is 0.270 e. The van der Waals surface area contributed by atoms with Gasteiger partial charge in [0.05, 0.1) is 0 Å². The number of fused-ring (bicyclic) bond motifs is 2. The molecule has 2 N–H and O–H groups in total. The van der Waals surface area contributed by atoms with Crippen LogP contribution in [0.1, 0.15) is 70.5 Å². The van der Waals surface area contributed by atoms with Crippen LogP contribution < -0.4 is 10.6 Å². The number of aromatic nitrogens is 1. The van der Waals surface area contributed by atoms with Gasteiger partial charge in [0.25, 0.3) is 11.8 Å². The quantitative estimate of drug-likeness (QED) is 0.853. The molecule has 1 aromatic heterocycles. The van der Waals surface area contributed by atoms with Crippen molar-refractivity contribution in [3.05, 3.63) is 65.0 Å². The van der Waals surface area contributed by atoms with Crippen LogP contribution in [0.5, 0.6) is 0 Å². The third-order valence-electron chi connectivity index (χ3n) is 6.26. The van der Waals surface area contributed by atoms with Crippen molar-refractivity contribution in [3.63, 3.8) is 0 Å². The van der Waals surface area contributed by atoms with E-state index in [1.165, 1.54) is 0 Å². The summed E-state index contributed by atoms with van der Waals surface area (Å²) in [6.45, 7) is 3.95. The fourth-order valence-corrected chi connectivity index (χ4v) is 4.90. The molecule has 5 nitrogen and oxygen atoms in total. The number of nitrogens with one attached hydrogen (secondary N) is 2. The van der Waals surface area contributed by atoms with Gasteiger partial charge in [-0.25, -0.2) is 0 Å². The summed E-state index contributed by atoms with van der Waals surface area (Å²) in [5, 5.41) is 6.57. The van der Waals surface area contributed by atoms with Crippen molar-refractivity contribution in [3.8, 4) is 0 Å². The summed E-state index contributed by atoms with van der Waals surface area (Å²) in [7, 11) is 0. The van der Waals surface area contributed by atoms with Crippen LogP contribution in [0.15, 0.2) is 42.6 Å². The molecule has 0 aliphatic heterocycles. The lowest BCUT2D eigenvalue weighted by molar-refractivity contribution is 0.0829. The normalized spacial score (nSPS) is 25.9. The number of rotatable bonds is 4. The summed E-state index contributed by atoms with van der Waals surface area (Å²) in [6.07, 6.45) is 7.15. The van der Waals surface area contributed by atoms with Crippen molar-refractivity contribution in [2.24, 2.45) is 0 Å². The third-order valence-corrected chi connectivity index (χ3v) is 6.26. The Labute approximate surface area is 165 Å². The number of nitrogens with zero attached hydrogens (tertiary/aromatic N) is 1. The highest BCUT2D eigenvalue weighted by Gasteiger charge is 2.52. The molecular weight excluding hydrogens is 350 g/mol. The Bertz CT molecular complexity index is 852. The maximum atomic E-state index is 12.8. The van der Waals surface area contributed by atoms with Gasteiger partial charge in [-0.2, -0.15) is 0 Å². The monoisotopic (exact) mass is 377 g/mol. The van der Waals surface area contributed by atoms with Crippen molar-refractivity contribution >= 4 is 11.8 Å². The average Bonchev–Trinajstić information content (AvgIpc) is 2.91. The standard InChI is InChI=1S/C23H27N3O2/c1-16-5-3-6-18(13-16)20(27)25-22-8-4-9-23(15-22,11-10-22)26-21(28)19-14-17(2)7-12-24-19/h3,5-7,12-14H,4,8-11,15H2,1-2H3,(H,25,27)(H,26,28). The summed E-state index contributed by atoms with van der Waals surface area (Å²) < 4.78 is 0. The van der Waals surface area contributed by atoms with E-state index in [2.05, 4.69) is 15.6 Å². The van der Waals surface area contributed by atoms with E-state index < -0.39 is 0 Å². The maximum absolute atomic E-state index is 12.8. The molecule has 0 radical (unpaired) electrons. The minimum Gasteiger partial charge on any atom is -0.347 e. The summed E-state index contributed by atoms with van der Waals surface area (Å²) in [5.74, 6) is -0.139. The topological polar surface area (TPSA) is 71.1 Å². The zero-order valence-electron chi connectivity index (χ0n) is 16.5. The summed E-state index contributed by atoms with van der Waals surface area (Å²) in [4.78, 5) is 29.8. The van der Waals surface area contributed by atoms with Crippen LogP contribution in [0.25, 0.3) is 0 Å². The molecule has 2 saturated carbocycles. The van der Waals surface area contributed by atoms with Crippen LogP contribution in [0.3, 0.4) is 0 Å². The molecular formula is C23H27N3O2. The Kier molecular flexibility index (Phi) is 4.69. The molecule has 2 bridgehead atoms. The van der Waals surface area contributed by atoms with Crippen molar-refractivity contribution in [1.29, 1.82) is 0 Å². The Hall–Kier alpha value is -2.69. The van der Waals surface area contributed by atoms with Gasteiger partial charge in [0.2, 0.25) is 0 Å². The third kappa shape index (κ3) is 3.66. The number of benzene rings is 1. The molecule has 2 unspecified atom stereocenters. The first-order valence-corrected chi connectivity index (χ1v) is 10.0. The molecule has 2 atom stereocenters. The lowest BCUT2D eigenvalue weighted by Gasteiger charge is -2.40. The van der Waals surface area contributed by atoms with E-state index in [-0.39, 0.29) is 22.9 Å². The highest BCUT2D eigenvalue weighted by atomic mass is 16.2. The Balaban J connectivity index is 1.48. The first kappa shape index (κ1) is 18.7. The molecule has 2 aliphatic rings. The van der Waals surface area contributed by atoms with Gasteiger partial charge in [-0.05, 0) is 82.2 Å². The van der Waals surface area contributed by atoms with E-state index in [4.69, 9.17) is 0 Å². The van der Waals surface area contributed by atoms with Crippen LogP contribution >= 0.6 is 0 Å². The zero-order valence-corrected chi connectivity index (χ0v) is 16.5. The number of pyridine rings is 1. The minimum absolute atomic E-state index is 0.0203. The molecule has 4 rings (SSSR count). The molecule has 0 spiro atoms. The first-order chi connectivity index (χ1) is 13.4. The van der Waals surface area contributed by atoms with Crippen molar-refractivity contribution < 1.29 is 9.59 Å². The Morgan fingerprint density at radius 1 is 0.893 bits per heavy atom. The summed E-state index contributed by atoms with van der Waals surface area (Å²) >= 11 is 0. The second kappa shape index (κ2) is 7.04. The van der Waals surface area contributed by atoms with Gasteiger partial charge in [0, 0.05) is 22.8 Å². The number of hydrogen-bond acceptors (Lipinski definition) is 3. The SMILES string of the molecule is Cc1cccc(C(=O)NC23CCCC(NC(=O)c4cc(C)ccn4)(CC2)C3)c1. The van der Waals surface area contributed by atoms with E-state index >= 15 is 0 Å². The Morgan fingerprint density at radius 2 is 1.57 bits per heavy atom. The molecule has 2 aromatic rings. The molecule has 146 valence electrons. The fraction of sp³-hybridized carbons (Fsp3) is 0.435. The number of carbonyl (C=O) groups is 2. The smallest absolute Gasteiger partial charge is 0.270 e. The van der Waals surface area contributed by atoms with E-state index in [1.54, 1.807) is 6.20 Å². The first-order valence-electron chi connectivity index (χ1n) is 10.0. The lowest BCUT2D eigenvalue weighted by atomic mass is 9.78. The number of carbonyl (C=O) groups excluding carboxylic acids is 2. The van der Waals surface area contributed by atoms with Crippen LogP contribution in [0.4, 0.5) is 0 Å². The molecule has 1 aromatic carbocycles. The van der Waals surface area contributed by atoms with Crippen LogP contribution in [-0.2, 0) is 0 Å². The fourth-order valence-electron chi connectivity index (χ4n) is 4.90. The molecule has 28 heavy (non-hydrogen) atoms. The van der Waals surface area contributed by atoms with Crippen molar-refractivity contribution in [2.45, 2.75) is 63.5 Å². The van der Waals surface area contributed by atoms with Crippen molar-refractivity contribution in [2.75, 3.05) is 0 Å². The highest BCUT2D eigenvalue weighted by molar-refractivity contribution is 5.95. The largest absolute Gasteiger partial charge is 0.347 e. The van der Waals surface area contributed by atoms with Gasteiger partial charge < -0.3 is 10.6 Å². The number of hydrogen-bond donors (Lipinski definition) is 2. The summed E-state index contributed by atoms with van der Waals surface area (Å²) in [6, 6.07) is 11.4. The lowest BCUT2D eigenvalue weighted by Crippen LogP contribution is -2.55. The molecule has 2 aliphatic carbocycles. The van der Waals surface area contributed by atoms with Crippen LogP contribution in [0.2, 0.25) is 0 Å². The van der Waals surface area contributed by atoms with Gasteiger partial charge in [-0.3, -0.25) is 14.6 Å². The molecule has 0 saturated heterocycles. The highest BCUT2D eigenvalue weighted by Crippen LogP contribution is 2.48. The summed E-state index contributed by atoms with van der Waals surface area (Å²) in [5.41, 5.74) is 2.78. The second-order valence-electron chi connectivity index (χ2n) is 8.59. The van der Waals surface area contributed by atoms with Crippen molar-refractivity contribution in [1.82, 2.24) is 15.6 Å². The number of amides is 2. The number of aryl methyl sites for hydroxylation is 2. The van der Waals surface area contributed by atoms with Gasteiger partial charge in [-0.15, -0.1) is 0 Å².